The molecule has 134 valence electrons. The van der Waals surface area contributed by atoms with Gasteiger partial charge in [0.2, 0.25) is 0 Å². The quantitative estimate of drug-likeness (QED) is 0.564. The van der Waals surface area contributed by atoms with Crippen LogP contribution in [-0.4, -0.2) is 41.1 Å². The summed E-state index contributed by atoms with van der Waals surface area (Å²) in [6.45, 7) is 0. The average molecular weight is 403 g/mol. The van der Waals surface area contributed by atoms with E-state index in [0.29, 0.717) is 5.11 Å². The first-order valence-electron chi connectivity index (χ1n) is 8.20. The van der Waals surface area contributed by atoms with Gasteiger partial charge in [0, 0.05) is 10.6 Å². The van der Waals surface area contributed by atoms with Crippen molar-refractivity contribution in [2.45, 2.75) is 16.3 Å². The number of amides is 1. The molecule has 4 nitrogen and oxygen atoms in total. The van der Waals surface area contributed by atoms with Crippen molar-refractivity contribution in [2.24, 2.45) is 0 Å². The van der Waals surface area contributed by atoms with Gasteiger partial charge in [-0.05, 0) is 60.4 Å². The topological polar surface area (TPSA) is 32.8 Å². The Hall–Kier alpha value is -1.70. The Bertz CT molecular complexity index is 839. The van der Waals surface area contributed by atoms with Crippen molar-refractivity contribution in [1.82, 2.24) is 4.90 Å². The van der Waals surface area contributed by atoms with Crippen LogP contribution in [0.2, 0.25) is 0 Å². The summed E-state index contributed by atoms with van der Waals surface area (Å²) in [6, 6.07) is 15.8. The molecule has 0 N–H and O–H groups in total. The van der Waals surface area contributed by atoms with Crippen molar-refractivity contribution < 1.29 is 9.53 Å². The number of anilines is 1. The monoisotopic (exact) mass is 402 g/mol. The molecule has 2 aromatic rings. The van der Waals surface area contributed by atoms with Crippen LogP contribution in [0.25, 0.3) is 0 Å². The van der Waals surface area contributed by atoms with E-state index in [1.54, 1.807) is 35.5 Å². The van der Waals surface area contributed by atoms with Crippen molar-refractivity contribution in [3.8, 4) is 5.75 Å². The van der Waals surface area contributed by atoms with Crippen LogP contribution in [0, 0.1) is 0 Å². The number of ether oxygens (including phenoxy) is 1. The molecular formula is C19H18N2O2S3. The third kappa shape index (κ3) is 2.88. The lowest BCUT2D eigenvalue weighted by Gasteiger charge is -2.25. The first-order chi connectivity index (χ1) is 12.6. The number of thioether (sulfide) groups is 2. The fourth-order valence-corrected chi connectivity index (χ4v) is 5.61. The molecule has 2 atom stereocenters. The fraction of sp³-hybridized carbons (Fsp3) is 0.263. The first kappa shape index (κ1) is 17.7. The molecule has 0 saturated carbocycles. The van der Waals surface area contributed by atoms with Gasteiger partial charge in [-0.25, -0.2) is 0 Å². The molecule has 0 unspecified atom stereocenters. The molecule has 1 amide bonds. The summed E-state index contributed by atoms with van der Waals surface area (Å²) in [7, 11) is 1.63. The fourth-order valence-electron chi connectivity index (χ4n) is 3.28. The number of benzene rings is 2. The molecule has 2 heterocycles. The van der Waals surface area contributed by atoms with Gasteiger partial charge in [-0.15, -0.1) is 23.5 Å². The highest BCUT2D eigenvalue weighted by atomic mass is 32.2. The van der Waals surface area contributed by atoms with Gasteiger partial charge in [-0.3, -0.25) is 9.69 Å². The summed E-state index contributed by atoms with van der Waals surface area (Å²) in [5, 5.41) is 0.657. The second-order valence-corrected chi connectivity index (χ2v) is 8.39. The molecule has 4 rings (SSSR count). The maximum Gasteiger partial charge on any atom is 0.257 e. The molecule has 2 aliphatic rings. The molecule has 0 aromatic heterocycles. The summed E-state index contributed by atoms with van der Waals surface area (Å²) in [5.74, 6) is 1.56. The molecule has 2 aliphatic heterocycles. The van der Waals surface area contributed by atoms with E-state index in [1.807, 2.05) is 24.3 Å². The van der Waals surface area contributed by atoms with Gasteiger partial charge in [0.15, 0.2) is 5.11 Å². The zero-order chi connectivity index (χ0) is 18.3. The van der Waals surface area contributed by atoms with Crippen LogP contribution in [0.3, 0.4) is 0 Å². The van der Waals surface area contributed by atoms with Crippen LogP contribution in [0.4, 0.5) is 5.69 Å². The number of rotatable bonds is 4. The van der Waals surface area contributed by atoms with E-state index in [9.17, 15) is 4.79 Å². The highest BCUT2D eigenvalue weighted by molar-refractivity contribution is 8.00. The summed E-state index contributed by atoms with van der Waals surface area (Å²) in [6.07, 6.45) is 2.07. The summed E-state index contributed by atoms with van der Waals surface area (Å²) < 4.78 is 5.20. The summed E-state index contributed by atoms with van der Waals surface area (Å²) >= 11 is 9.20. The Morgan fingerprint density at radius 1 is 1.15 bits per heavy atom. The van der Waals surface area contributed by atoms with Crippen LogP contribution in [0.15, 0.2) is 53.4 Å². The van der Waals surface area contributed by atoms with E-state index in [0.717, 1.165) is 17.2 Å². The minimum atomic E-state index is -0.195. The Morgan fingerprint density at radius 3 is 2.46 bits per heavy atom. The van der Waals surface area contributed by atoms with Gasteiger partial charge in [-0.2, -0.15) is 0 Å². The van der Waals surface area contributed by atoms with Gasteiger partial charge in [0.1, 0.15) is 17.2 Å². The standard InChI is InChI=1S/C19H18N2O2S3/c1-23-14-7-5-13(6-8-14)20-17(22)16-11-26-18(21(16)19(20)24)12-3-9-15(25-2)10-4-12/h3-10,16,18H,11H2,1-2H3/t16-,18-/m0/s1. The van der Waals surface area contributed by atoms with Crippen LogP contribution in [-0.2, 0) is 4.79 Å². The molecule has 0 aliphatic carbocycles. The van der Waals surface area contributed by atoms with Crippen LogP contribution >= 0.6 is 35.7 Å². The molecule has 2 saturated heterocycles. The number of hydrogen-bond donors (Lipinski definition) is 0. The van der Waals surface area contributed by atoms with Crippen molar-refractivity contribution >= 4 is 52.4 Å². The predicted octanol–water partition coefficient (Wildman–Crippen LogP) is 4.16. The van der Waals surface area contributed by atoms with Gasteiger partial charge < -0.3 is 9.64 Å². The van der Waals surface area contributed by atoms with Gasteiger partial charge in [0.25, 0.3) is 5.91 Å². The third-order valence-electron chi connectivity index (χ3n) is 4.65. The lowest BCUT2D eigenvalue weighted by atomic mass is 10.2. The molecule has 0 bridgehead atoms. The minimum absolute atomic E-state index is 0.0518. The number of thiocarbonyl (C=S) groups is 1. The Labute approximate surface area is 166 Å². The maximum absolute atomic E-state index is 13.0. The van der Waals surface area contributed by atoms with E-state index in [4.69, 9.17) is 17.0 Å². The van der Waals surface area contributed by atoms with E-state index < -0.39 is 0 Å². The van der Waals surface area contributed by atoms with E-state index >= 15 is 0 Å². The molecule has 2 fully saturated rings. The normalized spacial score (nSPS) is 22.1. The third-order valence-corrected chi connectivity index (χ3v) is 7.11. The molecule has 7 heteroatoms. The Kier molecular flexibility index (Phi) is 4.86. The minimum Gasteiger partial charge on any atom is -0.497 e. The number of carbonyl (C=O) groups is 1. The van der Waals surface area contributed by atoms with Crippen LogP contribution < -0.4 is 9.64 Å². The lowest BCUT2D eigenvalue weighted by molar-refractivity contribution is -0.119. The number of hydrogen-bond acceptors (Lipinski definition) is 5. The number of carbonyl (C=O) groups excluding carboxylic acids is 1. The Morgan fingerprint density at radius 2 is 1.85 bits per heavy atom. The average Bonchev–Trinajstić information content (AvgIpc) is 3.22. The van der Waals surface area contributed by atoms with Crippen molar-refractivity contribution in [3.63, 3.8) is 0 Å². The van der Waals surface area contributed by atoms with Crippen LogP contribution in [0.1, 0.15) is 10.9 Å². The van der Waals surface area contributed by atoms with E-state index in [1.165, 1.54) is 10.5 Å². The Balaban J connectivity index is 1.62. The molecule has 0 radical (unpaired) electrons. The number of methoxy groups -OCH3 is 1. The smallest absolute Gasteiger partial charge is 0.257 e. The van der Waals surface area contributed by atoms with E-state index in [2.05, 4.69) is 35.4 Å². The number of fused-ring (bicyclic) bond motifs is 1. The SMILES string of the molecule is COc1ccc(N2C(=O)[C@@H]3CS[C@@H](c4ccc(SC)cc4)N3C2=S)cc1. The van der Waals surface area contributed by atoms with Crippen molar-refractivity contribution in [1.29, 1.82) is 0 Å². The van der Waals surface area contributed by atoms with Gasteiger partial charge >= 0.3 is 0 Å². The highest BCUT2D eigenvalue weighted by Gasteiger charge is 2.50. The van der Waals surface area contributed by atoms with Gasteiger partial charge in [0.05, 0.1) is 12.8 Å². The largest absolute Gasteiger partial charge is 0.497 e. The molecule has 2 aromatic carbocycles. The van der Waals surface area contributed by atoms with Gasteiger partial charge in [-0.1, -0.05) is 12.1 Å². The molecule has 0 spiro atoms. The summed E-state index contributed by atoms with van der Waals surface area (Å²) in [5.41, 5.74) is 1.97. The molecule has 26 heavy (non-hydrogen) atoms. The lowest BCUT2D eigenvalue weighted by Crippen LogP contribution is -2.33. The maximum atomic E-state index is 13.0. The second-order valence-electron chi connectivity index (χ2n) is 6.04. The van der Waals surface area contributed by atoms with Crippen molar-refractivity contribution in [2.75, 3.05) is 24.0 Å². The van der Waals surface area contributed by atoms with Crippen LogP contribution in [0.5, 0.6) is 5.75 Å². The van der Waals surface area contributed by atoms with Crippen molar-refractivity contribution in [3.05, 3.63) is 54.1 Å². The zero-order valence-corrected chi connectivity index (χ0v) is 16.9. The second kappa shape index (κ2) is 7.13. The highest BCUT2D eigenvalue weighted by Crippen LogP contribution is 2.46. The zero-order valence-electron chi connectivity index (χ0n) is 14.4. The summed E-state index contributed by atoms with van der Waals surface area (Å²) in [4.78, 5) is 17.9. The molecular weight excluding hydrogens is 384 g/mol. The predicted molar refractivity (Wildman–Crippen MR) is 112 cm³/mol. The first-order valence-corrected chi connectivity index (χ1v) is 10.9. The number of nitrogens with zero attached hydrogens (tertiary/aromatic N) is 2. The van der Waals surface area contributed by atoms with E-state index in [-0.39, 0.29) is 17.3 Å².